The molecular weight excluding hydrogens is 280 g/mol. The van der Waals surface area contributed by atoms with Gasteiger partial charge in [-0.15, -0.1) is 11.3 Å². The number of ketones is 1. The predicted molar refractivity (Wildman–Crippen MR) is 75.4 cm³/mol. The van der Waals surface area contributed by atoms with E-state index in [9.17, 15) is 20.0 Å². The van der Waals surface area contributed by atoms with Gasteiger partial charge >= 0.3 is 5.69 Å². The zero-order chi connectivity index (χ0) is 14.4. The van der Waals surface area contributed by atoms with Crippen molar-refractivity contribution in [3.05, 3.63) is 21.1 Å². The Kier molecular flexibility index (Phi) is 3.25. The highest BCUT2D eigenvalue weighted by molar-refractivity contribution is 7.18. The first-order valence-electron chi connectivity index (χ1n) is 6.69. The summed E-state index contributed by atoms with van der Waals surface area (Å²) < 4.78 is 0. The topological polar surface area (TPSA) is 83.7 Å². The van der Waals surface area contributed by atoms with Crippen molar-refractivity contribution >= 4 is 27.8 Å². The molecule has 20 heavy (non-hydrogen) atoms. The van der Waals surface area contributed by atoms with Gasteiger partial charge in [0.2, 0.25) is 0 Å². The van der Waals surface area contributed by atoms with Gasteiger partial charge < -0.3 is 10.0 Å². The van der Waals surface area contributed by atoms with E-state index in [4.69, 9.17) is 0 Å². The lowest BCUT2D eigenvalue weighted by Gasteiger charge is -2.17. The first-order chi connectivity index (χ1) is 9.47. The lowest BCUT2D eigenvalue weighted by atomic mass is 10.00. The van der Waals surface area contributed by atoms with E-state index in [1.165, 1.54) is 24.3 Å². The number of anilines is 1. The summed E-state index contributed by atoms with van der Waals surface area (Å²) in [6, 6.07) is 1.37. The molecule has 6 nitrogen and oxygen atoms in total. The van der Waals surface area contributed by atoms with Crippen LogP contribution in [0.15, 0.2) is 6.07 Å². The number of fused-ring (bicyclic) bond motifs is 1. The maximum Gasteiger partial charge on any atom is 0.304 e. The zero-order valence-corrected chi connectivity index (χ0v) is 11.9. The fraction of sp³-hybridized carbons (Fsp3) is 0.615. The highest BCUT2D eigenvalue weighted by Crippen LogP contribution is 2.45. The van der Waals surface area contributed by atoms with Crippen LogP contribution in [0.5, 0.6) is 0 Å². The maximum absolute atomic E-state index is 11.4. The third-order valence-corrected chi connectivity index (χ3v) is 5.63. The molecule has 1 N–H and O–H groups in total. The molecule has 1 aromatic rings. The second kappa shape index (κ2) is 4.82. The Hall–Kier alpha value is -1.47. The third-order valence-electron chi connectivity index (χ3n) is 4.34. The summed E-state index contributed by atoms with van der Waals surface area (Å²) in [5.41, 5.74) is 0.00895. The van der Waals surface area contributed by atoms with Gasteiger partial charge in [0, 0.05) is 25.1 Å². The van der Waals surface area contributed by atoms with Crippen molar-refractivity contribution in [3.63, 3.8) is 0 Å². The molecule has 108 valence electrons. The van der Waals surface area contributed by atoms with Crippen LogP contribution in [0.3, 0.4) is 0 Å². The number of nitro groups is 1. The van der Waals surface area contributed by atoms with Crippen molar-refractivity contribution in [1.29, 1.82) is 0 Å². The highest BCUT2D eigenvalue weighted by Gasteiger charge is 2.43. The number of rotatable bonds is 3. The van der Waals surface area contributed by atoms with E-state index in [0.29, 0.717) is 22.3 Å². The normalized spacial score (nSPS) is 28.7. The third kappa shape index (κ3) is 2.10. The van der Waals surface area contributed by atoms with E-state index >= 15 is 0 Å². The number of aliphatic hydroxyl groups is 1. The molecule has 0 spiro atoms. The Balaban J connectivity index is 1.91. The summed E-state index contributed by atoms with van der Waals surface area (Å²) in [4.78, 5) is 24.5. The summed E-state index contributed by atoms with van der Waals surface area (Å²) in [5.74, 6) is 0.466. The number of thiophene rings is 1. The van der Waals surface area contributed by atoms with Crippen molar-refractivity contribution in [1.82, 2.24) is 0 Å². The number of nitrogens with zero attached hydrogens (tertiary/aromatic N) is 2. The van der Waals surface area contributed by atoms with E-state index in [-0.39, 0.29) is 23.5 Å². The molecule has 1 aliphatic heterocycles. The van der Waals surface area contributed by atoms with E-state index in [1.807, 2.05) is 4.90 Å². The van der Waals surface area contributed by atoms with Crippen LogP contribution < -0.4 is 4.90 Å². The largest absolute Gasteiger partial charge is 0.393 e. The molecule has 2 fully saturated rings. The first-order valence-corrected chi connectivity index (χ1v) is 7.51. The molecule has 2 heterocycles. The van der Waals surface area contributed by atoms with Crippen LogP contribution in [0.25, 0.3) is 0 Å². The van der Waals surface area contributed by atoms with Crippen molar-refractivity contribution < 1.29 is 14.8 Å². The van der Waals surface area contributed by atoms with Crippen LogP contribution in [0, 0.1) is 22.0 Å². The Morgan fingerprint density at radius 1 is 1.50 bits per heavy atom. The molecule has 0 radical (unpaired) electrons. The lowest BCUT2D eigenvalue weighted by molar-refractivity contribution is -0.383. The van der Waals surface area contributed by atoms with Gasteiger partial charge in [0.25, 0.3) is 0 Å². The van der Waals surface area contributed by atoms with E-state index in [0.717, 1.165) is 19.4 Å². The summed E-state index contributed by atoms with van der Waals surface area (Å²) in [7, 11) is 0. The average molecular weight is 296 g/mol. The highest BCUT2D eigenvalue weighted by atomic mass is 32.1. The SMILES string of the molecule is CC(=O)c1cc([N+](=O)[O-])c(N2CC3CCC(O)C3C2)s1. The van der Waals surface area contributed by atoms with Gasteiger partial charge in [-0.3, -0.25) is 14.9 Å². The fourth-order valence-electron chi connectivity index (χ4n) is 3.31. The van der Waals surface area contributed by atoms with Crippen LogP contribution in [-0.4, -0.2) is 35.0 Å². The molecule has 2 aliphatic rings. The number of aliphatic hydroxyl groups excluding tert-OH is 1. The molecule has 3 atom stereocenters. The van der Waals surface area contributed by atoms with Crippen molar-refractivity contribution in [2.24, 2.45) is 11.8 Å². The van der Waals surface area contributed by atoms with Gasteiger partial charge in [-0.05, 0) is 25.7 Å². The smallest absolute Gasteiger partial charge is 0.304 e. The Morgan fingerprint density at radius 3 is 2.85 bits per heavy atom. The van der Waals surface area contributed by atoms with E-state index in [1.54, 1.807) is 0 Å². The quantitative estimate of drug-likeness (QED) is 0.524. The van der Waals surface area contributed by atoms with E-state index < -0.39 is 4.92 Å². The van der Waals surface area contributed by atoms with Gasteiger partial charge in [0.1, 0.15) is 0 Å². The average Bonchev–Trinajstić information content (AvgIpc) is 3.04. The van der Waals surface area contributed by atoms with Gasteiger partial charge in [-0.25, -0.2) is 0 Å². The molecular formula is C13H16N2O4S. The predicted octanol–water partition coefficient (Wildman–Crippen LogP) is 2.07. The zero-order valence-electron chi connectivity index (χ0n) is 11.1. The van der Waals surface area contributed by atoms with Crippen LogP contribution in [-0.2, 0) is 0 Å². The molecule has 3 unspecified atom stereocenters. The van der Waals surface area contributed by atoms with Gasteiger partial charge in [0.15, 0.2) is 10.8 Å². The van der Waals surface area contributed by atoms with Crippen molar-refractivity contribution in [2.45, 2.75) is 25.9 Å². The number of hydrogen-bond donors (Lipinski definition) is 1. The first kappa shape index (κ1) is 13.5. The summed E-state index contributed by atoms with van der Waals surface area (Å²) in [6.07, 6.45) is 1.51. The molecule has 0 amide bonds. The molecule has 0 bridgehead atoms. The summed E-state index contributed by atoms with van der Waals surface area (Å²) in [6.45, 7) is 2.80. The van der Waals surface area contributed by atoms with Crippen LogP contribution in [0.1, 0.15) is 29.4 Å². The second-order valence-corrected chi connectivity index (χ2v) is 6.62. The maximum atomic E-state index is 11.4. The van der Waals surface area contributed by atoms with Crippen LogP contribution in [0.4, 0.5) is 10.7 Å². The molecule has 1 saturated heterocycles. The minimum atomic E-state index is -0.428. The van der Waals surface area contributed by atoms with E-state index in [2.05, 4.69) is 0 Å². The Morgan fingerprint density at radius 2 is 2.25 bits per heavy atom. The molecule has 1 aliphatic carbocycles. The molecule has 1 aromatic heterocycles. The van der Waals surface area contributed by atoms with Crippen molar-refractivity contribution in [2.75, 3.05) is 18.0 Å². The second-order valence-electron chi connectivity index (χ2n) is 5.59. The number of Topliss-reactive ketones (excluding diaryl/α,β-unsaturated/α-hetero) is 1. The monoisotopic (exact) mass is 296 g/mol. The van der Waals surface area contributed by atoms with Crippen molar-refractivity contribution in [3.8, 4) is 0 Å². The molecule has 3 rings (SSSR count). The lowest BCUT2D eigenvalue weighted by Crippen LogP contribution is -2.24. The standard InChI is InChI=1S/C13H16N2O4S/c1-7(16)12-4-10(15(18)19)13(20-12)14-5-8-2-3-11(17)9(8)6-14/h4,8-9,11,17H,2-3,5-6H2,1H3. The Bertz CT molecular complexity index is 571. The number of carbonyl (C=O) groups is 1. The van der Waals surface area contributed by atoms with Gasteiger partial charge in [-0.2, -0.15) is 0 Å². The minimum Gasteiger partial charge on any atom is -0.393 e. The molecule has 7 heteroatoms. The minimum absolute atomic E-state index is 0.00895. The summed E-state index contributed by atoms with van der Waals surface area (Å²) >= 11 is 1.19. The number of carbonyl (C=O) groups excluding carboxylic acids is 1. The van der Waals surface area contributed by atoms with Crippen LogP contribution in [0.2, 0.25) is 0 Å². The molecule has 1 saturated carbocycles. The summed E-state index contributed by atoms with van der Waals surface area (Å²) in [5, 5.41) is 21.6. The number of hydrogen-bond acceptors (Lipinski definition) is 6. The van der Waals surface area contributed by atoms with Gasteiger partial charge in [0.05, 0.1) is 15.9 Å². The Labute approximate surface area is 120 Å². The fourth-order valence-corrected chi connectivity index (χ4v) is 4.34. The van der Waals surface area contributed by atoms with Crippen LogP contribution >= 0.6 is 11.3 Å². The van der Waals surface area contributed by atoms with Gasteiger partial charge in [-0.1, -0.05) is 0 Å². The molecule has 0 aromatic carbocycles.